The molecule has 0 N–H and O–H groups in total. The molecule has 32 heavy (non-hydrogen) atoms. The highest BCUT2D eigenvalue weighted by Crippen LogP contribution is 2.46. The number of thiophene rings is 1. The van der Waals surface area contributed by atoms with E-state index in [9.17, 15) is 0 Å². The van der Waals surface area contributed by atoms with E-state index in [1.54, 1.807) is 18.4 Å². The van der Waals surface area contributed by atoms with Gasteiger partial charge in [-0.05, 0) is 42.1 Å². The molecule has 3 aromatic carbocycles. The highest BCUT2D eigenvalue weighted by Gasteiger charge is 2.31. The van der Waals surface area contributed by atoms with Gasteiger partial charge >= 0.3 is 0 Å². The molecule has 5 rings (SSSR count). The lowest BCUT2D eigenvalue weighted by molar-refractivity contribution is 0.416. The van der Waals surface area contributed by atoms with Gasteiger partial charge < -0.3 is 9.47 Å². The maximum Gasteiger partial charge on any atom is 0.150 e. The highest BCUT2D eigenvalue weighted by molar-refractivity contribution is 7.11. The number of rotatable bonds is 5. The number of aliphatic imine (C=N–C) groups is 1. The molecule has 0 spiro atoms. The Balaban J connectivity index is 1.72. The zero-order chi connectivity index (χ0) is 21.9. The average molecular weight is 438 g/mol. The van der Waals surface area contributed by atoms with Crippen molar-refractivity contribution >= 4 is 29.0 Å². The molecule has 0 aliphatic carbocycles. The summed E-state index contributed by atoms with van der Waals surface area (Å²) in [6, 6.07) is 28.9. The summed E-state index contributed by atoms with van der Waals surface area (Å²) < 4.78 is 12.0. The van der Waals surface area contributed by atoms with Gasteiger partial charge in [0.25, 0.3) is 0 Å². The fourth-order valence-electron chi connectivity index (χ4n) is 4.01. The molecule has 0 unspecified atom stereocenters. The predicted octanol–water partition coefficient (Wildman–Crippen LogP) is 7.40. The van der Waals surface area contributed by atoms with E-state index in [1.165, 1.54) is 11.1 Å². The van der Waals surface area contributed by atoms with Crippen LogP contribution >= 0.6 is 11.3 Å². The Morgan fingerprint density at radius 2 is 1.69 bits per heavy atom. The number of aryl methyl sites for hydroxylation is 1. The summed E-state index contributed by atoms with van der Waals surface area (Å²) >= 11 is 1.67. The van der Waals surface area contributed by atoms with Crippen molar-refractivity contribution in [3.05, 3.63) is 117 Å². The minimum Gasteiger partial charge on any atom is -0.494 e. The lowest BCUT2D eigenvalue weighted by Gasteiger charge is -2.29. The molecule has 1 atom stereocenters. The fraction of sp³-hybridized carbons (Fsp3) is 0.107. The molecule has 0 radical (unpaired) electrons. The number of benzene rings is 3. The molecule has 0 saturated heterocycles. The second kappa shape index (κ2) is 8.85. The molecule has 4 aromatic rings. The standard InChI is InChI=1S/C28H23NO2S/c1-19-13-15-20(16-14-19)27-21-8-3-5-10-24(21)31-28(26-12-7-17-32-26)22(27)18-29-23-9-4-6-11-25(23)30-2/h3-18,27H,1-2H3/t27-/m0/s1. The monoisotopic (exact) mass is 437 g/mol. The summed E-state index contributed by atoms with van der Waals surface area (Å²) in [6.45, 7) is 2.11. The van der Waals surface area contributed by atoms with Crippen molar-refractivity contribution < 1.29 is 9.47 Å². The van der Waals surface area contributed by atoms with Gasteiger partial charge in [-0.15, -0.1) is 11.3 Å². The van der Waals surface area contributed by atoms with Gasteiger partial charge in [0.2, 0.25) is 0 Å². The summed E-state index contributed by atoms with van der Waals surface area (Å²) in [5, 5.41) is 2.07. The summed E-state index contributed by atoms with van der Waals surface area (Å²) in [7, 11) is 1.67. The number of hydrogen-bond donors (Lipinski definition) is 0. The molecule has 0 saturated carbocycles. The van der Waals surface area contributed by atoms with Gasteiger partial charge in [0.05, 0.1) is 12.0 Å². The van der Waals surface area contributed by atoms with E-state index in [0.29, 0.717) is 0 Å². The molecule has 2 heterocycles. The minimum absolute atomic E-state index is 0.0103. The normalized spacial score (nSPS) is 15.5. The van der Waals surface area contributed by atoms with Crippen LogP contribution in [0.1, 0.15) is 27.5 Å². The molecule has 0 amide bonds. The summed E-state index contributed by atoms with van der Waals surface area (Å²) in [6.07, 6.45) is 1.94. The van der Waals surface area contributed by atoms with Crippen LogP contribution in [0.25, 0.3) is 5.76 Å². The van der Waals surface area contributed by atoms with Gasteiger partial charge in [-0.3, -0.25) is 4.99 Å². The lowest BCUT2D eigenvalue weighted by atomic mass is 9.82. The van der Waals surface area contributed by atoms with E-state index >= 15 is 0 Å². The Bertz CT molecular complexity index is 1290. The van der Waals surface area contributed by atoms with Crippen LogP contribution in [-0.2, 0) is 0 Å². The molecule has 1 aliphatic rings. The van der Waals surface area contributed by atoms with Gasteiger partial charge in [0, 0.05) is 23.3 Å². The number of para-hydroxylation sites is 3. The van der Waals surface area contributed by atoms with Crippen molar-refractivity contribution in [3.8, 4) is 11.5 Å². The molecule has 0 fully saturated rings. The molecule has 4 heteroatoms. The van der Waals surface area contributed by atoms with Crippen LogP contribution < -0.4 is 9.47 Å². The van der Waals surface area contributed by atoms with Crippen LogP contribution in [0.4, 0.5) is 5.69 Å². The number of nitrogens with zero attached hydrogens (tertiary/aromatic N) is 1. The van der Waals surface area contributed by atoms with E-state index < -0.39 is 0 Å². The summed E-state index contributed by atoms with van der Waals surface area (Å²) in [5.41, 5.74) is 5.40. The second-order valence-electron chi connectivity index (χ2n) is 7.68. The molecule has 3 nitrogen and oxygen atoms in total. The topological polar surface area (TPSA) is 30.8 Å². The Hall–Kier alpha value is -3.63. The van der Waals surface area contributed by atoms with Crippen LogP contribution in [0.15, 0.2) is 101 Å². The van der Waals surface area contributed by atoms with Gasteiger partial charge in [-0.1, -0.05) is 66.2 Å². The number of methoxy groups -OCH3 is 1. The third-order valence-electron chi connectivity index (χ3n) is 5.60. The zero-order valence-electron chi connectivity index (χ0n) is 18.0. The van der Waals surface area contributed by atoms with E-state index in [-0.39, 0.29) is 5.92 Å². The van der Waals surface area contributed by atoms with Crippen LogP contribution in [-0.4, -0.2) is 13.3 Å². The summed E-state index contributed by atoms with van der Waals surface area (Å²) in [4.78, 5) is 5.93. The lowest BCUT2D eigenvalue weighted by Crippen LogP contribution is -2.17. The summed E-state index contributed by atoms with van der Waals surface area (Å²) in [5.74, 6) is 2.49. The minimum atomic E-state index is 0.0103. The van der Waals surface area contributed by atoms with Crippen LogP contribution in [0.5, 0.6) is 11.5 Å². The average Bonchev–Trinajstić information content (AvgIpc) is 3.37. The van der Waals surface area contributed by atoms with Crippen molar-refractivity contribution in [1.29, 1.82) is 0 Å². The highest BCUT2D eigenvalue weighted by atomic mass is 32.1. The van der Waals surface area contributed by atoms with E-state index in [2.05, 4.69) is 54.8 Å². The van der Waals surface area contributed by atoms with Crippen molar-refractivity contribution in [2.75, 3.05) is 7.11 Å². The molecular formula is C28H23NO2S. The molecule has 0 bridgehead atoms. The number of ether oxygens (including phenoxy) is 2. The zero-order valence-corrected chi connectivity index (χ0v) is 18.8. The third-order valence-corrected chi connectivity index (χ3v) is 6.47. The quantitative estimate of drug-likeness (QED) is 0.305. The van der Waals surface area contributed by atoms with Gasteiger partial charge in [0.1, 0.15) is 22.9 Å². The molecule has 158 valence electrons. The van der Waals surface area contributed by atoms with Crippen molar-refractivity contribution in [2.45, 2.75) is 12.8 Å². The molecule has 1 aromatic heterocycles. The first-order valence-corrected chi connectivity index (χ1v) is 11.4. The fourth-order valence-corrected chi connectivity index (χ4v) is 4.73. The first-order valence-electron chi connectivity index (χ1n) is 10.5. The third kappa shape index (κ3) is 3.85. The van der Waals surface area contributed by atoms with Gasteiger partial charge in [-0.25, -0.2) is 0 Å². The van der Waals surface area contributed by atoms with E-state index in [0.717, 1.165) is 39.0 Å². The SMILES string of the molecule is COc1ccccc1N=CC1=C(c2cccs2)Oc2ccccc2[C@@H]1c1ccc(C)cc1. The van der Waals surface area contributed by atoms with Crippen LogP contribution in [0.3, 0.4) is 0 Å². The molecule has 1 aliphatic heterocycles. The predicted molar refractivity (Wildman–Crippen MR) is 132 cm³/mol. The Morgan fingerprint density at radius 1 is 0.906 bits per heavy atom. The smallest absolute Gasteiger partial charge is 0.150 e. The largest absolute Gasteiger partial charge is 0.494 e. The Morgan fingerprint density at radius 3 is 2.47 bits per heavy atom. The van der Waals surface area contributed by atoms with Crippen LogP contribution in [0, 0.1) is 6.92 Å². The molecular weight excluding hydrogens is 414 g/mol. The van der Waals surface area contributed by atoms with Crippen molar-refractivity contribution in [3.63, 3.8) is 0 Å². The van der Waals surface area contributed by atoms with Gasteiger partial charge in [-0.2, -0.15) is 0 Å². The number of allylic oxidation sites excluding steroid dienone is 1. The van der Waals surface area contributed by atoms with E-state index in [4.69, 9.17) is 14.5 Å². The number of hydrogen-bond acceptors (Lipinski definition) is 4. The van der Waals surface area contributed by atoms with Gasteiger partial charge in [0.15, 0.2) is 0 Å². The second-order valence-corrected chi connectivity index (χ2v) is 8.62. The van der Waals surface area contributed by atoms with Crippen LogP contribution in [0.2, 0.25) is 0 Å². The number of fused-ring (bicyclic) bond motifs is 1. The first-order chi connectivity index (χ1) is 15.7. The Kier molecular flexibility index (Phi) is 5.61. The maximum atomic E-state index is 6.48. The maximum absolute atomic E-state index is 6.48. The van der Waals surface area contributed by atoms with E-state index in [1.807, 2.05) is 48.7 Å². The van der Waals surface area contributed by atoms with Crippen molar-refractivity contribution in [1.82, 2.24) is 0 Å². The van der Waals surface area contributed by atoms with Crippen molar-refractivity contribution in [2.24, 2.45) is 4.99 Å². The first kappa shape index (κ1) is 20.3. The Labute approximate surface area is 192 Å².